The molecule has 2 aromatic heterocycles. The van der Waals surface area contributed by atoms with Gasteiger partial charge in [0, 0.05) is 30.4 Å². The van der Waals surface area contributed by atoms with Crippen LogP contribution in [-0.4, -0.2) is 30.6 Å². The van der Waals surface area contributed by atoms with E-state index in [0.717, 1.165) is 5.56 Å². The summed E-state index contributed by atoms with van der Waals surface area (Å²) in [4.78, 5) is 30.7. The average Bonchev–Trinajstić information content (AvgIpc) is 3.19. The Morgan fingerprint density at radius 2 is 2.12 bits per heavy atom. The molecule has 0 saturated heterocycles. The Kier molecular flexibility index (Phi) is 5.08. The van der Waals surface area contributed by atoms with E-state index in [2.05, 4.69) is 20.4 Å². The third-order valence-corrected chi connectivity index (χ3v) is 3.50. The van der Waals surface area contributed by atoms with E-state index >= 15 is 0 Å². The number of nitro groups is 1. The number of hydrogen-bond acceptors (Lipinski definition) is 6. The first-order valence-corrected chi connectivity index (χ1v) is 7.63. The molecule has 0 spiro atoms. The molecule has 0 aliphatic carbocycles. The number of pyridine rings is 1. The molecule has 3 aromatic rings. The maximum atomic E-state index is 12.0. The molecule has 0 aliphatic heterocycles. The van der Waals surface area contributed by atoms with E-state index in [4.69, 9.17) is 0 Å². The zero-order valence-corrected chi connectivity index (χ0v) is 13.5. The molecular formula is C17H14N6O3. The van der Waals surface area contributed by atoms with Crippen LogP contribution in [0.1, 0.15) is 11.1 Å². The second-order valence-corrected chi connectivity index (χ2v) is 5.19. The van der Waals surface area contributed by atoms with Crippen molar-refractivity contribution in [2.75, 3.05) is 0 Å². The fourth-order valence-corrected chi connectivity index (χ4v) is 2.29. The van der Waals surface area contributed by atoms with Crippen LogP contribution in [0.2, 0.25) is 0 Å². The molecule has 2 heterocycles. The largest absolute Gasteiger partial charge is 0.348 e. The summed E-state index contributed by atoms with van der Waals surface area (Å²) in [7, 11) is 0. The van der Waals surface area contributed by atoms with Gasteiger partial charge < -0.3 is 5.32 Å². The van der Waals surface area contributed by atoms with E-state index in [1.165, 1.54) is 35.6 Å². The molecule has 26 heavy (non-hydrogen) atoms. The fraction of sp³-hybridized carbons (Fsp3) is 0.0588. The van der Waals surface area contributed by atoms with E-state index in [1.807, 2.05) is 6.07 Å². The van der Waals surface area contributed by atoms with Crippen LogP contribution in [-0.2, 0) is 11.3 Å². The van der Waals surface area contributed by atoms with Gasteiger partial charge in [-0.2, -0.15) is 5.10 Å². The lowest BCUT2D eigenvalue weighted by molar-refractivity contribution is -0.385. The molecule has 9 nitrogen and oxygen atoms in total. The molecule has 0 aliphatic rings. The highest BCUT2D eigenvalue weighted by Gasteiger charge is 2.10. The highest BCUT2D eigenvalue weighted by Crippen LogP contribution is 2.18. The molecule has 0 atom stereocenters. The van der Waals surface area contributed by atoms with Gasteiger partial charge in [-0.25, -0.2) is 14.6 Å². The van der Waals surface area contributed by atoms with Gasteiger partial charge in [0.05, 0.1) is 10.5 Å². The number of carbonyl (C=O) groups excluding carboxylic acids is 1. The zero-order chi connectivity index (χ0) is 18.4. The number of aromatic nitrogens is 4. The summed E-state index contributed by atoms with van der Waals surface area (Å²) in [5, 5.41) is 17.7. The number of nitrogens with zero attached hydrogens (tertiary/aromatic N) is 5. The number of benzene rings is 1. The quantitative estimate of drug-likeness (QED) is 0.412. The van der Waals surface area contributed by atoms with Crippen molar-refractivity contribution in [3.8, 4) is 5.82 Å². The smallest absolute Gasteiger partial charge is 0.276 e. The molecule has 0 fully saturated rings. The zero-order valence-electron chi connectivity index (χ0n) is 13.5. The lowest BCUT2D eigenvalue weighted by atomic mass is 10.1. The Hall–Kier alpha value is -3.88. The van der Waals surface area contributed by atoms with Crippen molar-refractivity contribution in [2.24, 2.45) is 0 Å². The van der Waals surface area contributed by atoms with Crippen LogP contribution in [0.25, 0.3) is 11.9 Å². The standard InChI is InChI=1S/C17H14N6O3/c24-16(8-7-13-4-1-2-6-15(13)23(25)26)20-10-14-5-3-9-19-17(14)22-12-18-11-21-22/h1-9,11-12H,10H2,(H,20,24). The first kappa shape index (κ1) is 17.0. The number of nitro benzene ring substituents is 1. The van der Waals surface area contributed by atoms with Gasteiger partial charge >= 0.3 is 0 Å². The van der Waals surface area contributed by atoms with Crippen LogP contribution in [0, 0.1) is 10.1 Å². The maximum absolute atomic E-state index is 12.0. The SMILES string of the molecule is O=C(C=Cc1ccccc1[N+](=O)[O-])NCc1cccnc1-n1cncn1. The fourth-order valence-electron chi connectivity index (χ4n) is 2.29. The molecule has 130 valence electrons. The lowest BCUT2D eigenvalue weighted by Gasteiger charge is -2.08. The molecule has 1 N–H and O–H groups in total. The van der Waals surface area contributed by atoms with E-state index < -0.39 is 4.92 Å². The van der Waals surface area contributed by atoms with Crippen LogP contribution in [0.4, 0.5) is 5.69 Å². The van der Waals surface area contributed by atoms with Gasteiger partial charge in [0.25, 0.3) is 5.69 Å². The minimum Gasteiger partial charge on any atom is -0.348 e. The van der Waals surface area contributed by atoms with Gasteiger partial charge in [0.15, 0.2) is 5.82 Å². The molecule has 3 rings (SSSR count). The number of rotatable bonds is 6. The van der Waals surface area contributed by atoms with Gasteiger partial charge in [-0.3, -0.25) is 14.9 Å². The van der Waals surface area contributed by atoms with Crippen molar-refractivity contribution in [1.82, 2.24) is 25.1 Å². The molecule has 0 radical (unpaired) electrons. The second kappa shape index (κ2) is 7.79. The maximum Gasteiger partial charge on any atom is 0.276 e. The summed E-state index contributed by atoms with van der Waals surface area (Å²) in [6, 6.07) is 9.78. The number of nitrogens with one attached hydrogen (secondary N) is 1. The molecule has 0 saturated carbocycles. The summed E-state index contributed by atoms with van der Waals surface area (Å²) in [5.74, 6) is 0.185. The van der Waals surface area contributed by atoms with Crippen LogP contribution < -0.4 is 5.32 Å². The lowest BCUT2D eigenvalue weighted by Crippen LogP contribution is -2.21. The molecule has 9 heteroatoms. The van der Waals surface area contributed by atoms with Crippen LogP contribution in [0.3, 0.4) is 0 Å². The average molecular weight is 350 g/mol. The topological polar surface area (TPSA) is 116 Å². The van der Waals surface area contributed by atoms with Crippen molar-refractivity contribution >= 4 is 17.7 Å². The van der Waals surface area contributed by atoms with Gasteiger partial charge in [-0.1, -0.05) is 18.2 Å². The Balaban J connectivity index is 1.68. The molecule has 1 aromatic carbocycles. The first-order valence-electron chi connectivity index (χ1n) is 7.63. The van der Waals surface area contributed by atoms with Crippen molar-refractivity contribution in [2.45, 2.75) is 6.54 Å². The van der Waals surface area contributed by atoms with Gasteiger partial charge in [0.2, 0.25) is 5.91 Å². The van der Waals surface area contributed by atoms with Gasteiger partial charge in [0.1, 0.15) is 12.7 Å². The second-order valence-electron chi connectivity index (χ2n) is 5.19. The molecule has 1 amide bonds. The third-order valence-electron chi connectivity index (χ3n) is 3.50. The normalized spacial score (nSPS) is 10.8. The number of carbonyl (C=O) groups is 1. The summed E-state index contributed by atoms with van der Waals surface area (Å²) in [5.41, 5.74) is 1.06. The number of hydrogen-bond donors (Lipinski definition) is 1. The Morgan fingerprint density at radius 3 is 2.88 bits per heavy atom. The molecule has 0 bridgehead atoms. The highest BCUT2D eigenvalue weighted by molar-refractivity contribution is 5.92. The predicted octanol–water partition coefficient (Wildman–Crippen LogP) is 1.90. The summed E-state index contributed by atoms with van der Waals surface area (Å²) >= 11 is 0. The monoisotopic (exact) mass is 350 g/mol. The summed E-state index contributed by atoms with van der Waals surface area (Å²) in [6.45, 7) is 0.225. The summed E-state index contributed by atoms with van der Waals surface area (Å²) < 4.78 is 1.50. The van der Waals surface area contributed by atoms with Crippen molar-refractivity contribution < 1.29 is 9.72 Å². The van der Waals surface area contributed by atoms with Gasteiger partial charge in [-0.05, 0) is 18.2 Å². The summed E-state index contributed by atoms with van der Waals surface area (Å²) in [6.07, 6.45) is 7.20. The van der Waals surface area contributed by atoms with Crippen molar-refractivity contribution in [3.63, 3.8) is 0 Å². The van der Waals surface area contributed by atoms with Crippen molar-refractivity contribution in [1.29, 1.82) is 0 Å². The van der Waals surface area contributed by atoms with Crippen LogP contribution in [0.5, 0.6) is 0 Å². The Morgan fingerprint density at radius 1 is 1.27 bits per heavy atom. The minimum absolute atomic E-state index is 0.0581. The Labute approximate surface area is 148 Å². The van der Waals surface area contributed by atoms with E-state index in [-0.39, 0.29) is 18.1 Å². The van der Waals surface area contributed by atoms with E-state index in [9.17, 15) is 14.9 Å². The van der Waals surface area contributed by atoms with Gasteiger partial charge in [-0.15, -0.1) is 0 Å². The predicted molar refractivity (Wildman–Crippen MR) is 93.1 cm³/mol. The molecular weight excluding hydrogens is 336 g/mol. The van der Waals surface area contributed by atoms with Crippen molar-refractivity contribution in [3.05, 3.63) is 82.6 Å². The Bertz CT molecular complexity index is 953. The number of para-hydroxylation sites is 1. The van der Waals surface area contributed by atoms with E-state index in [0.29, 0.717) is 11.4 Å². The number of amides is 1. The van der Waals surface area contributed by atoms with E-state index in [1.54, 1.807) is 30.5 Å². The molecule has 0 unspecified atom stereocenters. The minimum atomic E-state index is -0.488. The van der Waals surface area contributed by atoms with Crippen LogP contribution in [0.15, 0.2) is 61.3 Å². The third kappa shape index (κ3) is 3.96. The first-order chi connectivity index (χ1) is 12.6. The van der Waals surface area contributed by atoms with Crippen LogP contribution >= 0.6 is 0 Å². The highest BCUT2D eigenvalue weighted by atomic mass is 16.6.